The van der Waals surface area contributed by atoms with Gasteiger partial charge in [0.15, 0.2) is 0 Å². The van der Waals surface area contributed by atoms with Gasteiger partial charge >= 0.3 is 24.1 Å². The average molecular weight is 968 g/mol. The molecule has 0 aromatic heterocycles. The molecule has 0 spiro atoms. The van der Waals surface area contributed by atoms with Gasteiger partial charge in [0.05, 0.1) is 44.4 Å². The van der Waals surface area contributed by atoms with E-state index in [1.165, 1.54) is 36.8 Å². The Labute approximate surface area is 405 Å². The smallest absolute Gasteiger partial charge is 0.410 e. The van der Waals surface area contributed by atoms with Gasteiger partial charge in [-0.2, -0.15) is 8.42 Å². The minimum Gasteiger partial charge on any atom is -0.466 e. The van der Waals surface area contributed by atoms with Gasteiger partial charge in [-0.15, -0.1) is 0 Å². The van der Waals surface area contributed by atoms with Crippen molar-refractivity contribution in [1.82, 2.24) is 24.5 Å². The van der Waals surface area contributed by atoms with E-state index in [1.807, 2.05) is 11.0 Å². The van der Waals surface area contributed by atoms with E-state index in [9.17, 15) is 27.6 Å². The van der Waals surface area contributed by atoms with Crippen molar-refractivity contribution in [1.29, 1.82) is 0 Å². The molecule has 0 saturated carbocycles. The van der Waals surface area contributed by atoms with E-state index >= 15 is 0 Å². The number of cyclic esters (lactones) is 2. The first-order valence-corrected chi connectivity index (χ1v) is 26.9. The molecule has 0 bridgehead atoms. The quantitative estimate of drug-likeness (QED) is 0.0707. The summed E-state index contributed by atoms with van der Waals surface area (Å²) < 4.78 is 48.1. The Hall–Kier alpha value is -4.29. The van der Waals surface area contributed by atoms with Crippen LogP contribution in [0.15, 0.2) is 60.7 Å². The van der Waals surface area contributed by atoms with E-state index in [4.69, 9.17) is 23.1 Å². The summed E-state index contributed by atoms with van der Waals surface area (Å²) >= 11 is 0. The number of ether oxygens (including phenoxy) is 4. The van der Waals surface area contributed by atoms with Crippen LogP contribution in [-0.2, 0) is 55.9 Å². The number of carbonyl (C=O) groups is 4. The maximum Gasteiger partial charge on any atom is 0.410 e. The van der Waals surface area contributed by atoms with Crippen molar-refractivity contribution in [3.63, 3.8) is 0 Å². The number of hydrogen-bond acceptors (Lipinski definition) is 14. The normalized spacial score (nSPS) is 22.0. The molecule has 68 heavy (non-hydrogen) atoms. The molecule has 5 aliphatic heterocycles. The molecule has 5 aliphatic rings. The summed E-state index contributed by atoms with van der Waals surface area (Å²) in [6.45, 7) is 14.9. The molecule has 17 heteroatoms. The zero-order chi connectivity index (χ0) is 48.4. The highest BCUT2D eigenvalue weighted by molar-refractivity contribution is 7.85. The molecule has 0 radical (unpaired) electrons. The first-order valence-electron chi connectivity index (χ1n) is 25.1. The first-order chi connectivity index (χ1) is 32.8. The number of carbonyl (C=O) groups excluding carboxylic acids is 4. The minimum absolute atomic E-state index is 0.0474. The summed E-state index contributed by atoms with van der Waals surface area (Å²) in [5.41, 5.74) is 1.90. The lowest BCUT2D eigenvalue weighted by Crippen LogP contribution is -2.48. The van der Waals surface area contributed by atoms with Gasteiger partial charge in [0, 0.05) is 32.7 Å². The number of nitrogens with zero attached hydrogens (tertiary/aromatic N) is 5. The first kappa shape index (κ1) is 53.1. The van der Waals surface area contributed by atoms with Crippen LogP contribution < -0.4 is 0 Å². The molecule has 0 aliphatic carbocycles. The molecule has 2 aromatic carbocycles. The lowest BCUT2D eigenvalue weighted by atomic mass is 9.75. The van der Waals surface area contributed by atoms with Crippen molar-refractivity contribution < 1.29 is 50.7 Å². The fraction of sp³-hybridized carbons (Fsp3) is 0.686. The third-order valence-corrected chi connectivity index (χ3v) is 14.7. The van der Waals surface area contributed by atoms with Crippen molar-refractivity contribution >= 4 is 34.2 Å². The standard InChI is InChI=1S/C31H47N3O6.C20H30N2O5S/c1-3-38-28(35)21-31(29(36)39-4-2)14-19-33(20-15-31)23-27-24-34(30(37)40-27)16-8-11-25-12-17-32(18-13-25)22-26-9-6-5-7-10-26;1-28(24,25)26-16-19-15-22(20(23)27-19)11-5-8-17-9-12-21(13-10-17)14-18-6-3-2-4-7-18/h5-7,9-10,25,27H,3-4,8,11-24H2,1-2H3;2-4,6-7,17,19H,5,8-16H2,1H3. The van der Waals surface area contributed by atoms with Gasteiger partial charge in [0.1, 0.15) is 18.8 Å². The molecule has 16 nitrogen and oxygen atoms in total. The third kappa shape index (κ3) is 17.3. The molecule has 2 unspecified atom stereocenters. The SMILES string of the molecule is CCOC(=O)CC1(C(=O)OCC)CCN(CC2CN(CCCC3CCN(Cc4ccccc4)CC3)C(=O)O2)CC1.CS(=O)(=O)OCC1CN(CCCC2CCN(Cc3ccccc3)CC2)C(=O)O1. The van der Waals surface area contributed by atoms with Gasteiger partial charge in [-0.1, -0.05) is 60.7 Å². The maximum absolute atomic E-state index is 12.8. The summed E-state index contributed by atoms with van der Waals surface area (Å²) in [5, 5.41) is 0. The summed E-state index contributed by atoms with van der Waals surface area (Å²) in [7, 11) is -3.52. The fourth-order valence-electron chi connectivity index (χ4n) is 10.3. The van der Waals surface area contributed by atoms with Crippen LogP contribution in [0.2, 0.25) is 0 Å². The Morgan fingerprint density at radius 3 is 1.60 bits per heavy atom. The largest absolute Gasteiger partial charge is 0.466 e. The summed E-state index contributed by atoms with van der Waals surface area (Å²) in [6.07, 6.45) is 9.85. The van der Waals surface area contributed by atoms with Crippen molar-refractivity contribution in [2.75, 3.05) is 98.1 Å². The Morgan fingerprint density at radius 2 is 1.13 bits per heavy atom. The summed E-state index contributed by atoms with van der Waals surface area (Å²) in [6, 6.07) is 21.2. The van der Waals surface area contributed by atoms with E-state index in [0.29, 0.717) is 64.6 Å². The second-order valence-corrected chi connectivity index (χ2v) is 21.0. The number of piperidine rings is 3. The molecule has 378 valence electrons. The van der Waals surface area contributed by atoms with Gasteiger partial charge < -0.3 is 28.7 Å². The van der Waals surface area contributed by atoms with Crippen molar-refractivity contribution in [2.45, 2.75) is 110 Å². The predicted molar refractivity (Wildman–Crippen MR) is 258 cm³/mol. The predicted octanol–water partition coefficient (Wildman–Crippen LogP) is 6.57. The zero-order valence-corrected chi connectivity index (χ0v) is 41.6. The Bertz CT molecular complexity index is 1970. The molecule has 5 saturated heterocycles. The summed E-state index contributed by atoms with van der Waals surface area (Å²) in [4.78, 5) is 60.2. The molecular formula is C51H77N5O11S. The highest BCUT2D eigenvalue weighted by Gasteiger charge is 2.46. The van der Waals surface area contributed by atoms with Crippen LogP contribution in [0.3, 0.4) is 0 Å². The number of amides is 2. The van der Waals surface area contributed by atoms with E-state index in [-0.39, 0.29) is 49.9 Å². The number of likely N-dealkylation sites (tertiary alicyclic amines) is 3. The van der Waals surface area contributed by atoms with Crippen molar-refractivity contribution in [3.8, 4) is 0 Å². The summed E-state index contributed by atoms with van der Waals surface area (Å²) in [5.74, 6) is 0.754. The highest BCUT2D eigenvalue weighted by Crippen LogP contribution is 2.37. The van der Waals surface area contributed by atoms with Crippen LogP contribution in [0.25, 0.3) is 0 Å². The number of esters is 2. The Balaban J connectivity index is 0.000000238. The maximum atomic E-state index is 12.8. The molecule has 2 atom stereocenters. The van der Waals surface area contributed by atoms with Crippen LogP contribution in [0.5, 0.6) is 0 Å². The number of hydrogen-bond donors (Lipinski definition) is 0. The zero-order valence-electron chi connectivity index (χ0n) is 40.8. The van der Waals surface area contributed by atoms with Gasteiger partial charge in [0.2, 0.25) is 0 Å². The Kier molecular flexibility index (Phi) is 20.8. The highest BCUT2D eigenvalue weighted by atomic mass is 32.2. The fourth-order valence-corrected chi connectivity index (χ4v) is 10.7. The molecule has 0 N–H and O–H groups in total. The number of benzene rings is 2. The van der Waals surface area contributed by atoms with Gasteiger partial charge in [-0.3, -0.25) is 28.5 Å². The van der Waals surface area contributed by atoms with Crippen LogP contribution in [0.1, 0.15) is 95.6 Å². The molecule has 5 heterocycles. The molecular weight excluding hydrogens is 891 g/mol. The van der Waals surface area contributed by atoms with E-state index < -0.39 is 21.6 Å². The van der Waals surface area contributed by atoms with Gasteiger partial charge in [0.25, 0.3) is 10.1 Å². The van der Waals surface area contributed by atoms with Crippen LogP contribution in [-0.4, -0.2) is 167 Å². The van der Waals surface area contributed by atoms with Gasteiger partial charge in [-0.05, 0) is 140 Å². The van der Waals surface area contributed by atoms with Crippen LogP contribution >= 0.6 is 0 Å². The van der Waals surface area contributed by atoms with Crippen LogP contribution in [0.4, 0.5) is 9.59 Å². The Morgan fingerprint density at radius 1 is 0.662 bits per heavy atom. The minimum atomic E-state index is -3.52. The van der Waals surface area contributed by atoms with Gasteiger partial charge in [-0.25, -0.2) is 9.59 Å². The lowest BCUT2D eigenvalue weighted by molar-refractivity contribution is -0.165. The molecule has 7 rings (SSSR count). The third-order valence-electron chi connectivity index (χ3n) is 14.1. The average Bonchev–Trinajstić information content (AvgIpc) is 3.87. The second-order valence-electron chi connectivity index (χ2n) is 19.4. The topological polar surface area (TPSA) is 165 Å². The van der Waals surface area contributed by atoms with E-state index in [1.54, 1.807) is 18.7 Å². The van der Waals surface area contributed by atoms with E-state index in [0.717, 1.165) is 83.7 Å². The second kappa shape index (κ2) is 26.6. The van der Waals surface area contributed by atoms with Crippen molar-refractivity contribution in [2.24, 2.45) is 17.3 Å². The lowest BCUT2D eigenvalue weighted by Gasteiger charge is -2.39. The molecule has 5 fully saturated rings. The molecule has 2 aromatic rings. The van der Waals surface area contributed by atoms with E-state index in [2.05, 4.69) is 69.3 Å². The molecule has 2 amide bonds. The van der Waals surface area contributed by atoms with Crippen molar-refractivity contribution in [3.05, 3.63) is 71.8 Å². The number of rotatable bonds is 22. The van der Waals surface area contributed by atoms with Crippen LogP contribution in [0, 0.1) is 17.3 Å². The monoisotopic (exact) mass is 968 g/mol.